The Labute approximate surface area is 79.3 Å². The zero-order chi connectivity index (χ0) is 9.90. The van der Waals surface area contributed by atoms with E-state index in [9.17, 15) is 9.50 Å². The molecule has 0 aromatic heterocycles. The molecule has 0 aromatic carbocycles. The van der Waals surface area contributed by atoms with Gasteiger partial charge in [-0.05, 0) is 37.1 Å². The van der Waals surface area contributed by atoms with Crippen LogP contribution in [-0.2, 0) is 0 Å². The molecule has 3 atom stereocenters. The third-order valence-electron chi connectivity index (χ3n) is 3.23. The van der Waals surface area contributed by atoms with Crippen LogP contribution in [0.3, 0.4) is 0 Å². The van der Waals surface area contributed by atoms with E-state index in [1.807, 2.05) is 0 Å². The van der Waals surface area contributed by atoms with Gasteiger partial charge in [0, 0.05) is 0 Å². The van der Waals surface area contributed by atoms with E-state index in [-0.39, 0.29) is 5.41 Å². The molecule has 3 unspecified atom stereocenters. The van der Waals surface area contributed by atoms with Crippen LogP contribution in [-0.4, -0.2) is 24.4 Å². The van der Waals surface area contributed by atoms with Crippen LogP contribution in [0.2, 0.25) is 0 Å². The summed E-state index contributed by atoms with van der Waals surface area (Å²) >= 11 is 0. The molecule has 0 spiro atoms. The molecule has 2 nitrogen and oxygen atoms in total. The quantitative estimate of drug-likeness (QED) is 0.703. The topological polar surface area (TPSA) is 46.2 Å². The van der Waals surface area contributed by atoms with Gasteiger partial charge < -0.3 is 10.8 Å². The molecule has 0 aromatic rings. The van der Waals surface area contributed by atoms with Crippen molar-refractivity contribution in [3.8, 4) is 0 Å². The van der Waals surface area contributed by atoms with Crippen LogP contribution in [0.1, 0.15) is 32.6 Å². The summed E-state index contributed by atoms with van der Waals surface area (Å²) in [5.41, 5.74) is 5.72. The van der Waals surface area contributed by atoms with Gasteiger partial charge in [0.15, 0.2) is 0 Å². The molecule has 0 radical (unpaired) electrons. The van der Waals surface area contributed by atoms with Crippen LogP contribution in [0, 0.1) is 11.3 Å². The third-order valence-corrected chi connectivity index (χ3v) is 3.23. The van der Waals surface area contributed by atoms with Gasteiger partial charge >= 0.3 is 0 Å². The molecule has 0 heterocycles. The number of halogens is 1. The second kappa shape index (κ2) is 4.38. The van der Waals surface area contributed by atoms with Crippen molar-refractivity contribution in [3.05, 3.63) is 0 Å². The highest BCUT2D eigenvalue weighted by Gasteiger charge is 2.37. The number of hydrogen-bond donors (Lipinski definition) is 2. The molecule has 1 fully saturated rings. The Hall–Kier alpha value is -0.150. The maximum absolute atomic E-state index is 12.2. The average Bonchev–Trinajstić information content (AvgIpc) is 2.48. The van der Waals surface area contributed by atoms with Crippen LogP contribution >= 0.6 is 0 Å². The van der Waals surface area contributed by atoms with Gasteiger partial charge in [0.05, 0.1) is 6.10 Å². The fourth-order valence-electron chi connectivity index (χ4n) is 2.50. The lowest BCUT2D eigenvalue weighted by molar-refractivity contribution is 0.0787. The van der Waals surface area contributed by atoms with Crippen LogP contribution in [0.15, 0.2) is 0 Å². The molecular formula is C10H20FNO. The minimum atomic E-state index is -0.811. The maximum atomic E-state index is 12.2. The van der Waals surface area contributed by atoms with E-state index in [0.717, 1.165) is 19.3 Å². The normalized spacial score (nSPS) is 36.5. The van der Waals surface area contributed by atoms with E-state index < -0.39 is 12.8 Å². The van der Waals surface area contributed by atoms with Gasteiger partial charge in [-0.1, -0.05) is 13.3 Å². The predicted octanol–water partition coefficient (Wildman–Crippen LogP) is 1.47. The third kappa shape index (κ3) is 2.64. The summed E-state index contributed by atoms with van der Waals surface area (Å²) in [5.74, 6) is 0.676. The van der Waals surface area contributed by atoms with Gasteiger partial charge in [-0.25, -0.2) is 4.39 Å². The summed E-state index contributed by atoms with van der Waals surface area (Å²) in [6, 6.07) is 0. The minimum absolute atomic E-state index is 0.0188. The predicted molar refractivity (Wildman–Crippen MR) is 51.1 cm³/mol. The van der Waals surface area contributed by atoms with Crippen molar-refractivity contribution >= 4 is 0 Å². The van der Waals surface area contributed by atoms with E-state index in [0.29, 0.717) is 18.9 Å². The number of rotatable bonds is 4. The highest BCUT2D eigenvalue weighted by atomic mass is 19.1. The Balaban J connectivity index is 2.50. The summed E-state index contributed by atoms with van der Waals surface area (Å²) in [6.07, 6.45) is 2.97. The molecule has 0 saturated heterocycles. The molecule has 3 heteroatoms. The Morgan fingerprint density at radius 2 is 2.38 bits per heavy atom. The summed E-state index contributed by atoms with van der Waals surface area (Å²) < 4.78 is 12.2. The van der Waals surface area contributed by atoms with Crippen molar-refractivity contribution in [2.45, 2.75) is 38.7 Å². The lowest BCUT2D eigenvalue weighted by Crippen LogP contribution is -2.32. The molecule has 78 valence electrons. The van der Waals surface area contributed by atoms with Crippen molar-refractivity contribution in [2.24, 2.45) is 17.1 Å². The zero-order valence-electron chi connectivity index (χ0n) is 8.30. The van der Waals surface area contributed by atoms with Crippen molar-refractivity contribution in [2.75, 3.05) is 13.2 Å². The van der Waals surface area contributed by atoms with Crippen molar-refractivity contribution in [1.29, 1.82) is 0 Å². The van der Waals surface area contributed by atoms with Gasteiger partial charge in [-0.2, -0.15) is 0 Å². The standard InChI is InChI=1S/C10H20FNO/c1-8-2-3-10(4-8,7-12)5-9(13)6-11/h8-9,13H,2-7,12H2,1H3. The summed E-state index contributed by atoms with van der Waals surface area (Å²) in [4.78, 5) is 0. The molecular weight excluding hydrogens is 169 g/mol. The Morgan fingerprint density at radius 3 is 2.77 bits per heavy atom. The lowest BCUT2D eigenvalue weighted by atomic mass is 9.80. The fraction of sp³-hybridized carbons (Fsp3) is 1.00. The van der Waals surface area contributed by atoms with Crippen LogP contribution in [0.4, 0.5) is 4.39 Å². The number of alkyl halides is 1. The first kappa shape index (κ1) is 10.9. The Kier molecular flexibility index (Phi) is 3.68. The molecule has 3 N–H and O–H groups in total. The largest absolute Gasteiger partial charge is 0.390 e. The second-order valence-electron chi connectivity index (χ2n) is 4.56. The van der Waals surface area contributed by atoms with Crippen molar-refractivity contribution in [1.82, 2.24) is 0 Å². The first-order chi connectivity index (χ1) is 6.12. The van der Waals surface area contributed by atoms with Gasteiger partial charge in [-0.3, -0.25) is 0 Å². The van der Waals surface area contributed by atoms with Crippen molar-refractivity contribution in [3.63, 3.8) is 0 Å². The Bertz CT molecular complexity index is 165. The fourth-order valence-corrected chi connectivity index (χ4v) is 2.50. The minimum Gasteiger partial charge on any atom is -0.390 e. The summed E-state index contributed by atoms with van der Waals surface area (Å²) in [6.45, 7) is 2.13. The van der Waals surface area contributed by atoms with Gasteiger partial charge in [0.25, 0.3) is 0 Å². The van der Waals surface area contributed by atoms with Gasteiger partial charge in [0.2, 0.25) is 0 Å². The highest BCUT2D eigenvalue weighted by molar-refractivity contribution is 4.90. The number of nitrogens with two attached hydrogens (primary N) is 1. The highest BCUT2D eigenvalue weighted by Crippen LogP contribution is 2.44. The van der Waals surface area contributed by atoms with Crippen molar-refractivity contribution < 1.29 is 9.50 Å². The molecule has 1 aliphatic carbocycles. The zero-order valence-corrected chi connectivity index (χ0v) is 8.30. The van der Waals surface area contributed by atoms with E-state index >= 15 is 0 Å². The number of aliphatic hydroxyl groups is 1. The smallest absolute Gasteiger partial charge is 0.115 e. The summed E-state index contributed by atoms with van der Waals surface area (Å²) in [5, 5.41) is 9.27. The summed E-state index contributed by atoms with van der Waals surface area (Å²) in [7, 11) is 0. The second-order valence-corrected chi connectivity index (χ2v) is 4.56. The SMILES string of the molecule is CC1CCC(CN)(CC(O)CF)C1. The lowest BCUT2D eigenvalue weighted by Gasteiger charge is -2.29. The van der Waals surface area contributed by atoms with Crippen LogP contribution in [0.5, 0.6) is 0 Å². The molecule has 0 bridgehead atoms. The molecule has 0 aliphatic heterocycles. The molecule has 1 saturated carbocycles. The number of aliphatic hydroxyl groups excluding tert-OH is 1. The Morgan fingerprint density at radius 1 is 1.69 bits per heavy atom. The first-order valence-corrected chi connectivity index (χ1v) is 5.06. The van der Waals surface area contributed by atoms with Gasteiger partial charge in [-0.15, -0.1) is 0 Å². The van der Waals surface area contributed by atoms with E-state index in [4.69, 9.17) is 5.73 Å². The maximum Gasteiger partial charge on any atom is 0.115 e. The monoisotopic (exact) mass is 189 g/mol. The van der Waals surface area contributed by atoms with E-state index in [2.05, 4.69) is 6.92 Å². The van der Waals surface area contributed by atoms with Crippen LogP contribution in [0.25, 0.3) is 0 Å². The first-order valence-electron chi connectivity index (χ1n) is 5.06. The van der Waals surface area contributed by atoms with Crippen LogP contribution < -0.4 is 5.73 Å². The molecule has 1 aliphatic rings. The van der Waals surface area contributed by atoms with E-state index in [1.54, 1.807) is 0 Å². The molecule has 0 amide bonds. The molecule has 13 heavy (non-hydrogen) atoms. The average molecular weight is 189 g/mol. The number of hydrogen-bond acceptors (Lipinski definition) is 2. The van der Waals surface area contributed by atoms with E-state index in [1.165, 1.54) is 0 Å². The van der Waals surface area contributed by atoms with Gasteiger partial charge in [0.1, 0.15) is 6.67 Å². The molecule has 1 rings (SSSR count).